The zero-order valence-corrected chi connectivity index (χ0v) is 14.5. The molecule has 0 saturated heterocycles. The minimum absolute atomic E-state index is 0.674. The number of nitrogens with zero attached hydrogens (tertiary/aromatic N) is 1. The highest BCUT2D eigenvalue weighted by Gasteiger charge is 2.21. The number of benzene rings is 1. The van der Waals surface area contributed by atoms with Gasteiger partial charge in [-0.25, -0.2) is 0 Å². The normalized spacial score (nSPS) is 21.7. The van der Waals surface area contributed by atoms with Crippen molar-refractivity contribution in [3.05, 3.63) is 65.3 Å². The zero-order valence-electron chi connectivity index (χ0n) is 13.7. The average molecular weight is 326 g/mol. The highest BCUT2D eigenvalue weighted by atomic mass is 35.5. The van der Waals surface area contributed by atoms with Gasteiger partial charge in [0, 0.05) is 16.8 Å². The molecule has 1 nitrogen and oxygen atoms in total. The van der Waals surface area contributed by atoms with Crippen molar-refractivity contribution in [1.29, 1.82) is 0 Å². The van der Waals surface area contributed by atoms with E-state index < -0.39 is 0 Å². The van der Waals surface area contributed by atoms with E-state index in [0.717, 1.165) is 28.6 Å². The zero-order chi connectivity index (χ0) is 16.1. The SMILES string of the molecule is CCC=CC1CCC(c2ccc(-c3ccc(Cl)cc3)nc2)CC1. The second-order valence-corrected chi connectivity index (χ2v) is 6.87. The molecule has 1 fully saturated rings. The average Bonchev–Trinajstić information content (AvgIpc) is 2.61. The molecule has 3 rings (SSSR count). The summed E-state index contributed by atoms with van der Waals surface area (Å²) in [7, 11) is 0. The second-order valence-electron chi connectivity index (χ2n) is 6.43. The van der Waals surface area contributed by atoms with Gasteiger partial charge in [0.15, 0.2) is 0 Å². The van der Waals surface area contributed by atoms with Crippen LogP contribution in [0, 0.1) is 5.92 Å². The minimum atomic E-state index is 0.674. The second kappa shape index (κ2) is 7.79. The summed E-state index contributed by atoms with van der Waals surface area (Å²) >= 11 is 5.94. The van der Waals surface area contributed by atoms with Gasteiger partial charge < -0.3 is 0 Å². The summed E-state index contributed by atoms with van der Waals surface area (Å²) in [5, 5.41) is 0.763. The predicted octanol–water partition coefficient (Wildman–Crippen LogP) is 6.64. The van der Waals surface area contributed by atoms with E-state index in [0.29, 0.717) is 5.92 Å². The maximum atomic E-state index is 5.94. The van der Waals surface area contributed by atoms with Crippen LogP contribution in [0.3, 0.4) is 0 Å². The van der Waals surface area contributed by atoms with E-state index in [4.69, 9.17) is 11.6 Å². The summed E-state index contributed by atoms with van der Waals surface area (Å²) in [6.07, 6.45) is 13.1. The van der Waals surface area contributed by atoms with Gasteiger partial charge >= 0.3 is 0 Å². The van der Waals surface area contributed by atoms with Crippen LogP contribution in [0.1, 0.15) is 50.5 Å². The van der Waals surface area contributed by atoms with Crippen molar-refractivity contribution in [3.63, 3.8) is 0 Å². The predicted molar refractivity (Wildman–Crippen MR) is 98.8 cm³/mol. The van der Waals surface area contributed by atoms with Crippen LogP contribution >= 0.6 is 11.6 Å². The van der Waals surface area contributed by atoms with Gasteiger partial charge in [-0.3, -0.25) is 4.98 Å². The largest absolute Gasteiger partial charge is 0.256 e. The van der Waals surface area contributed by atoms with Gasteiger partial charge in [-0.1, -0.05) is 48.9 Å². The topological polar surface area (TPSA) is 12.9 Å². The molecule has 0 amide bonds. The Balaban J connectivity index is 1.64. The minimum Gasteiger partial charge on any atom is -0.256 e. The van der Waals surface area contributed by atoms with Gasteiger partial charge in [0.2, 0.25) is 0 Å². The lowest BCUT2D eigenvalue weighted by Crippen LogP contribution is -2.12. The Kier molecular flexibility index (Phi) is 5.51. The molecule has 0 unspecified atom stereocenters. The highest BCUT2D eigenvalue weighted by molar-refractivity contribution is 6.30. The molecule has 0 aliphatic heterocycles. The quantitative estimate of drug-likeness (QED) is 0.574. The van der Waals surface area contributed by atoms with E-state index in [-0.39, 0.29) is 0 Å². The molecule has 1 aliphatic rings. The third-order valence-electron chi connectivity index (χ3n) is 4.81. The van der Waals surface area contributed by atoms with Gasteiger partial charge in [0.1, 0.15) is 0 Å². The Morgan fingerprint density at radius 1 is 1.04 bits per heavy atom. The maximum Gasteiger partial charge on any atom is 0.0702 e. The van der Waals surface area contributed by atoms with Crippen LogP contribution in [0.5, 0.6) is 0 Å². The lowest BCUT2D eigenvalue weighted by Gasteiger charge is -2.27. The van der Waals surface area contributed by atoms with Crippen LogP contribution in [0.4, 0.5) is 0 Å². The lowest BCUT2D eigenvalue weighted by molar-refractivity contribution is 0.375. The fourth-order valence-electron chi connectivity index (χ4n) is 3.41. The van der Waals surface area contributed by atoms with E-state index in [1.807, 2.05) is 24.3 Å². The van der Waals surface area contributed by atoms with Crippen molar-refractivity contribution < 1.29 is 0 Å². The monoisotopic (exact) mass is 325 g/mol. The van der Waals surface area contributed by atoms with Gasteiger partial charge in [-0.05, 0) is 67.7 Å². The summed E-state index contributed by atoms with van der Waals surface area (Å²) in [5.74, 6) is 1.46. The molecule has 23 heavy (non-hydrogen) atoms. The Bertz CT molecular complexity index is 635. The highest BCUT2D eigenvalue weighted by Crippen LogP contribution is 2.36. The standard InChI is InChI=1S/C21H24ClN/c1-2-3-4-16-5-7-17(8-6-16)19-11-14-21(23-15-19)18-9-12-20(22)13-10-18/h3-4,9-17H,2,5-8H2,1H3. The molecule has 1 aliphatic carbocycles. The van der Waals surface area contributed by atoms with E-state index in [1.54, 1.807) is 0 Å². The summed E-state index contributed by atoms with van der Waals surface area (Å²) in [6.45, 7) is 2.20. The summed E-state index contributed by atoms with van der Waals surface area (Å²) in [4.78, 5) is 4.67. The van der Waals surface area contributed by atoms with Crippen molar-refractivity contribution >= 4 is 11.6 Å². The lowest BCUT2D eigenvalue weighted by atomic mass is 9.79. The van der Waals surface area contributed by atoms with Gasteiger partial charge in [0.05, 0.1) is 5.69 Å². The summed E-state index contributed by atoms with van der Waals surface area (Å²) in [6, 6.07) is 12.3. The molecule has 2 heteroatoms. The number of hydrogen-bond acceptors (Lipinski definition) is 1. The van der Waals surface area contributed by atoms with Gasteiger partial charge in [0.25, 0.3) is 0 Å². The van der Waals surface area contributed by atoms with Gasteiger partial charge in [-0.15, -0.1) is 0 Å². The molecule has 0 atom stereocenters. The Morgan fingerprint density at radius 3 is 2.39 bits per heavy atom. The molecule has 1 aromatic carbocycles. The van der Waals surface area contributed by atoms with Crippen LogP contribution in [-0.2, 0) is 0 Å². The Morgan fingerprint density at radius 2 is 1.78 bits per heavy atom. The van der Waals surface area contributed by atoms with Crippen molar-refractivity contribution in [2.45, 2.75) is 44.9 Å². The molecule has 120 valence electrons. The Labute approximate surface area is 144 Å². The summed E-state index contributed by atoms with van der Waals surface area (Å²) in [5.41, 5.74) is 3.53. The first-order valence-corrected chi connectivity index (χ1v) is 9.02. The number of halogens is 1. The number of rotatable bonds is 4. The molecular weight excluding hydrogens is 302 g/mol. The molecule has 1 saturated carbocycles. The number of aromatic nitrogens is 1. The fourth-order valence-corrected chi connectivity index (χ4v) is 3.54. The van der Waals surface area contributed by atoms with Crippen molar-refractivity contribution in [3.8, 4) is 11.3 Å². The molecule has 0 bridgehead atoms. The molecule has 0 N–H and O–H groups in total. The summed E-state index contributed by atoms with van der Waals surface area (Å²) < 4.78 is 0. The first-order chi connectivity index (χ1) is 11.3. The van der Waals surface area contributed by atoms with Crippen LogP contribution in [0.25, 0.3) is 11.3 Å². The van der Waals surface area contributed by atoms with E-state index in [1.165, 1.54) is 31.2 Å². The first kappa shape index (κ1) is 16.3. The third kappa shape index (κ3) is 4.23. The Hall–Kier alpha value is -1.60. The van der Waals surface area contributed by atoms with Crippen molar-refractivity contribution in [2.75, 3.05) is 0 Å². The van der Waals surface area contributed by atoms with Crippen LogP contribution in [0.15, 0.2) is 54.7 Å². The van der Waals surface area contributed by atoms with Gasteiger partial charge in [-0.2, -0.15) is 0 Å². The first-order valence-electron chi connectivity index (χ1n) is 8.65. The molecule has 1 aromatic heterocycles. The number of pyridine rings is 1. The van der Waals surface area contributed by atoms with Crippen LogP contribution in [0.2, 0.25) is 5.02 Å². The van der Waals surface area contributed by atoms with Crippen molar-refractivity contribution in [2.24, 2.45) is 5.92 Å². The molecule has 1 heterocycles. The van der Waals surface area contributed by atoms with Crippen LogP contribution < -0.4 is 0 Å². The van der Waals surface area contributed by atoms with E-state index in [2.05, 4.69) is 42.4 Å². The third-order valence-corrected chi connectivity index (χ3v) is 5.07. The fraction of sp³-hybridized carbons (Fsp3) is 0.381. The van der Waals surface area contributed by atoms with E-state index >= 15 is 0 Å². The molecule has 2 aromatic rings. The number of allylic oxidation sites excluding steroid dienone is 2. The maximum absolute atomic E-state index is 5.94. The number of hydrogen-bond donors (Lipinski definition) is 0. The van der Waals surface area contributed by atoms with Crippen molar-refractivity contribution in [1.82, 2.24) is 4.98 Å². The molecular formula is C21H24ClN. The van der Waals surface area contributed by atoms with Crippen LogP contribution in [-0.4, -0.2) is 4.98 Å². The molecule has 0 radical (unpaired) electrons. The smallest absolute Gasteiger partial charge is 0.0702 e. The molecule has 0 spiro atoms. The van der Waals surface area contributed by atoms with E-state index in [9.17, 15) is 0 Å².